The highest BCUT2D eigenvalue weighted by Crippen LogP contribution is 2.33. The minimum Gasteiger partial charge on any atom is -0.299 e. The van der Waals surface area contributed by atoms with Crippen molar-refractivity contribution in [2.75, 3.05) is 0 Å². The molecule has 1 aromatic heterocycles. The molecule has 0 amide bonds. The van der Waals surface area contributed by atoms with Gasteiger partial charge in [-0.15, -0.1) is 0 Å². The number of carbonyl (C=O) groups is 2. The zero-order valence-corrected chi connectivity index (χ0v) is 9.35. The number of Topliss-reactive ketones (excluding diaryl/α,β-unsaturated/α-hetero) is 2. The second-order valence-corrected chi connectivity index (χ2v) is 4.36. The van der Waals surface area contributed by atoms with Crippen molar-refractivity contribution in [2.24, 2.45) is 5.92 Å². The maximum atomic E-state index is 11.6. The normalized spacial score (nSPS) is 25.4. The van der Waals surface area contributed by atoms with Crippen LogP contribution in [0.1, 0.15) is 37.8 Å². The zero-order chi connectivity index (χ0) is 11.5. The smallest absolute Gasteiger partial charge is 0.143 e. The fourth-order valence-corrected chi connectivity index (χ4v) is 2.30. The number of nitrogens with zero attached hydrogens (tertiary/aromatic N) is 1. The van der Waals surface area contributed by atoms with Gasteiger partial charge in [-0.25, -0.2) is 0 Å². The van der Waals surface area contributed by atoms with Gasteiger partial charge in [0.1, 0.15) is 11.6 Å². The van der Waals surface area contributed by atoms with E-state index in [1.54, 1.807) is 6.20 Å². The van der Waals surface area contributed by atoms with E-state index in [1.165, 1.54) is 6.92 Å². The lowest BCUT2D eigenvalue weighted by atomic mass is 9.77. The summed E-state index contributed by atoms with van der Waals surface area (Å²) in [4.78, 5) is 27.2. The fraction of sp³-hybridized carbons (Fsp3) is 0.462. The van der Waals surface area contributed by atoms with Crippen LogP contribution in [0.15, 0.2) is 24.4 Å². The zero-order valence-electron chi connectivity index (χ0n) is 9.35. The summed E-state index contributed by atoms with van der Waals surface area (Å²) in [5, 5.41) is 0. The van der Waals surface area contributed by atoms with Crippen molar-refractivity contribution in [2.45, 2.75) is 32.1 Å². The summed E-state index contributed by atoms with van der Waals surface area (Å²) in [7, 11) is 0. The molecule has 0 saturated heterocycles. The van der Waals surface area contributed by atoms with E-state index in [9.17, 15) is 9.59 Å². The maximum absolute atomic E-state index is 11.6. The van der Waals surface area contributed by atoms with Gasteiger partial charge < -0.3 is 0 Å². The Morgan fingerprint density at radius 1 is 1.44 bits per heavy atom. The lowest BCUT2D eigenvalue weighted by Crippen LogP contribution is -2.29. The first-order valence-corrected chi connectivity index (χ1v) is 5.62. The largest absolute Gasteiger partial charge is 0.299 e. The molecular formula is C13H15NO2. The Morgan fingerprint density at radius 2 is 2.25 bits per heavy atom. The molecular weight excluding hydrogens is 202 g/mol. The van der Waals surface area contributed by atoms with Crippen LogP contribution in [0.5, 0.6) is 0 Å². The molecule has 0 unspecified atom stereocenters. The molecule has 3 heteroatoms. The third-order valence-corrected chi connectivity index (χ3v) is 3.24. The number of rotatable bonds is 2. The quantitative estimate of drug-likeness (QED) is 0.713. The molecule has 84 valence electrons. The molecule has 0 bridgehead atoms. The van der Waals surface area contributed by atoms with Gasteiger partial charge in [-0.2, -0.15) is 0 Å². The van der Waals surface area contributed by atoms with Gasteiger partial charge in [0.2, 0.25) is 0 Å². The molecule has 3 nitrogen and oxygen atoms in total. The molecule has 1 fully saturated rings. The van der Waals surface area contributed by atoms with Gasteiger partial charge in [0.05, 0.1) is 5.92 Å². The third-order valence-electron chi connectivity index (χ3n) is 3.24. The van der Waals surface area contributed by atoms with Crippen LogP contribution in [0.2, 0.25) is 0 Å². The summed E-state index contributed by atoms with van der Waals surface area (Å²) in [6.07, 6.45) is 3.71. The SMILES string of the molecule is CC(=O)[C@@H]1C[C@@H](c2ccccn2)CCC1=O. The Labute approximate surface area is 94.9 Å². The van der Waals surface area contributed by atoms with Crippen LogP contribution < -0.4 is 0 Å². The van der Waals surface area contributed by atoms with Crippen LogP contribution in [0.4, 0.5) is 0 Å². The second kappa shape index (κ2) is 4.56. The average Bonchev–Trinajstić information content (AvgIpc) is 2.30. The fourth-order valence-electron chi connectivity index (χ4n) is 2.30. The molecule has 1 heterocycles. The summed E-state index contributed by atoms with van der Waals surface area (Å²) < 4.78 is 0. The van der Waals surface area contributed by atoms with E-state index in [1.807, 2.05) is 18.2 Å². The van der Waals surface area contributed by atoms with Crippen molar-refractivity contribution in [1.29, 1.82) is 0 Å². The Balaban J connectivity index is 2.15. The predicted molar refractivity (Wildman–Crippen MR) is 60.0 cm³/mol. The summed E-state index contributed by atoms with van der Waals surface area (Å²) in [5.74, 6) is -0.0566. The van der Waals surface area contributed by atoms with Crippen molar-refractivity contribution in [3.63, 3.8) is 0 Å². The molecule has 0 N–H and O–H groups in total. The summed E-state index contributed by atoms with van der Waals surface area (Å²) in [6, 6.07) is 5.79. The molecule has 1 aliphatic carbocycles. The van der Waals surface area contributed by atoms with Crippen LogP contribution in [0.25, 0.3) is 0 Å². The molecule has 0 aromatic carbocycles. The van der Waals surface area contributed by atoms with E-state index < -0.39 is 5.92 Å². The lowest BCUT2D eigenvalue weighted by molar-refractivity contribution is -0.133. The van der Waals surface area contributed by atoms with Gasteiger partial charge in [0.25, 0.3) is 0 Å². The van der Waals surface area contributed by atoms with Crippen molar-refractivity contribution >= 4 is 11.6 Å². The average molecular weight is 217 g/mol. The Bertz CT molecular complexity index is 400. The maximum Gasteiger partial charge on any atom is 0.143 e. The Hall–Kier alpha value is -1.51. The van der Waals surface area contributed by atoms with Crippen LogP contribution in [0, 0.1) is 5.92 Å². The third kappa shape index (κ3) is 2.18. The number of pyridine rings is 1. The van der Waals surface area contributed by atoms with E-state index in [0.717, 1.165) is 12.1 Å². The van der Waals surface area contributed by atoms with Crippen molar-refractivity contribution in [3.8, 4) is 0 Å². The van der Waals surface area contributed by atoms with Gasteiger partial charge in [-0.3, -0.25) is 14.6 Å². The molecule has 0 spiro atoms. The minimum atomic E-state index is -0.402. The molecule has 2 atom stereocenters. The summed E-state index contributed by atoms with van der Waals surface area (Å²) in [5.41, 5.74) is 1.00. The summed E-state index contributed by atoms with van der Waals surface area (Å²) in [6.45, 7) is 1.50. The number of ketones is 2. The van der Waals surface area contributed by atoms with Crippen LogP contribution >= 0.6 is 0 Å². The highest BCUT2D eigenvalue weighted by molar-refractivity contribution is 6.01. The summed E-state index contributed by atoms with van der Waals surface area (Å²) >= 11 is 0. The highest BCUT2D eigenvalue weighted by atomic mass is 16.1. The van der Waals surface area contributed by atoms with Crippen molar-refractivity contribution in [3.05, 3.63) is 30.1 Å². The molecule has 0 radical (unpaired) electrons. The van der Waals surface area contributed by atoms with Crippen LogP contribution in [0.3, 0.4) is 0 Å². The van der Waals surface area contributed by atoms with E-state index in [-0.39, 0.29) is 17.5 Å². The molecule has 1 saturated carbocycles. The molecule has 16 heavy (non-hydrogen) atoms. The number of hydrogen-bond donors (Lipinski definition) is 0. The standard InChI is InChI=1S/C13H15NO2/c1-9(15)11-8-10(5-6-13(11)16)12-4-2-3-7-14-12/h2-4,7,10-11H,5-6,8H2,1H3/t10-,11-/m0/s1. The minimum absolute atomic E-state index is 0.00867. The first-order valence-electron chi connectivity index (χ1n) is 5.62. The van der Waals surface area contributed by atoms with Gasteiger partial charge >= 0.3 is 0 Å². The van der Waals surface area contributed by atoms with Gasteiger partial charge in [-0.1, -0.05) is 6.07 Å². The van der Waals surface area contributed by atoms with Crippen LogP contribution in [-0.2, 0) is 9.59 Å². The van der Waals surface area contributed by atoms with E-state index in [2.05, 4.69) is 4.98 Å². The molecule has 1 aromatic rings. The first-order chi connectivity index (χ1) is 7.68. The number of hydrogen-bond acceptors (Lipinski definition) is 3. The van der Waals surface area contributed by atoms with Crippen molar-refractivity contribution in [1.82, 2.24) is 4.98 Å². The highest BCUT2D eigenvalue weighted by Gasteiger charge is 2.32. The van der Waals surface area contributed by atoms with E-state index in [4.69, 9.17) is 0 Å². The number of aromatic nitrogens is 1. The Morgan fingerprint density at radius 3 is 2.88 bits per heavy atom. The van der Waals surface area contributed by atoms with Crippen LogP contribution in [-0.4, -0.2) is 16.6 Å². The van der Waals surface area contributed by atoms with E-state index >= 15 is 0 Å². The predicted octanol–water partition coefficient (Wildman–Crippen LogP) is 2.12. The molecule has 1 aliphatic rings. The van der Waals surface area contributed by atoms with Gasteiger partial charge in [0, 0.05) is 24.2 Å². The monoisotopic (exact) mass is 217 g/mol. The topological polar surface area (TPSA) is 47.0 Å². The molecule has 0 aliphatic heterocycles. The van der Waals surface area contributed by atoms with Crippen molar-refractivity contribution < 1.29 is 9.59 Å². The second-order valence-electron chi connectivity index (χ2n) is 4.36. The Kier molecular flexibility index (Phi) is 3.13. The number of carbonyl (C=O) groups excluding carboxylic acids is 2. The lowest BCUT2D eigenvalue weighted by Gasteiger charge is -2.26. The van der Waals surface area contributed by atoms with E-state index in [0.29, 0.717) is 12.8 Å². The van der Waals surface area contributed by atoms with Gasteiger partial charge in [-0.05, 0) is 31.9 Å². The molecule has 2 rings (SSSR count). The van der Waals surface area contributed by atoms with Gasteiger partial charge in [0.15, 0.2) is 0 Å². The first kappa shape index (κ1) is 11.0.